The third-order valence-electron chi connectivity index (χ3n) is 3.79. The average Bonchev–Trinajstić information content (AvgIpc) is 2.40. The summed E-state index contributed by atoms with van der Waals surface area (Å²) >= 11 is 0. The zero-order valence-corrected chi connectivity index (χ0v) is 12.4. The van der Waals surface area contributed by atoms with E-state index in [1.54, 1.807) is 12.2 Å². The highest BCUT2D eigenvalue weighted by Gasteiger charge is 2.36. The summed E-state index contributed by atoms with van der Waals surface area (Å²) in [6.07, 6.45) is 13.2. The zero-order valence-electron chi connectivity index (χ0n) is 12.4. The van der Waals surface area contributed by atoms with Crippen molar-refractivity contribution in [2.75, 3.05) is 0 Å². The molecule has 0 amide bonds. The number of hydrogen-bond donors (Lipinski definition) is 2. The van der Waals surface area contributed by atoms with E-state index in [1.807, 2.05) is 12.2 Å². The van der Waals surface area contributed by atoms with Crippen molar-refractivity contribution in [1.82, 2.24) is 5.32 Å². The molecule has 0 aliphatic carbocycles. The molecule has 0 aromatic carbocycles. The van der Waals surface area contributed by atoms with Gasteiger partial charge in [0.2, 0.25) is 0 Å². The lowest BCUT2D eigenvalue weighted by Gasteiger charge is -2.39. The molecule has 0 aromatic heterocycles. The maximum atomic E-state index is 10.9. The van der Waals surface area contributed by atoms with Crippen LogP contribution in [0.15, 0.2) is 62.3 Å². The van der Waals surface area contributed by atoms with E-state index in [0.717, 1.165) is 24.8 Å². The number of hydrogen-bond acceptors (Lipinski definition) is 2. The molecule has 0 aromatic rings. The summed E-state index contributed by atoms with van der Waals surface area (Å²) in [5, 5.41) is 14.5. The first kappa shape index (κ1) is 16.7. The third kappa shape index (κ3) is 4.06. The van der Waals surface area contributed by atoms with Crippen LogP contribution in [0, 0.1) is 0 Å². The second-order valence-corrected chi connectivity index (χ2v) is 5.38. The number of nitrogens with one attached hydrogen (secondary N) is 1. The van der Waals surface area contributed by atoms with E-state index < -0.39 is 5.60 Å². The fourth-order valence-corrected chi connectivity index (χ4v) is 2.89. The molecule has 0 saturated carbocycles. The van der Waals surface area contributed by atoms with E-state index in [2.05, 4.69) is 37.7 Å². The van der Waals surface area contributed by atoms with Crippen molar-refractivity contribution in [3.05, 3.63) is 62.3 Å². The van der Waals surface area contributed by atoms with Gasteiger partial charge in [0.25, 0.3) is 0 Å². The van der Waals surface area contributed by atoms with Crippen LogP contribution in [-0.4, -0.2) is 22.8 Å². The van der Waals surface area contributed by atoms with Crippen LogP contribution in [0.5, 0.6) is 0 Å². The lowest BCUT2D eigenvalue weighted by molar-refractivity contribution is 0.0730. The summed E-state index contributed by atoms with van der Waals surface area (Å²) in [5.74, 6) is 0. The standard InChI is InChI=1S/C18H27NO/c1-5-9-15-11-12-16(17(19-15)10-6-2)18(20,13-7-3)14-8-4/h5-8,12,15,17,19-20H,1-4,9-11,13-14H2/t15-,17+/m0/s1. The Labute approximate surface area is 123 Å². The second kappa shape index (κ2) is 8.03. The molecular weight excluding hydrogens is 246 g/mol. The van der Waals surface area contributed by atoms with Gasteiger partial charge in [0.15, 0.2) is 0 Å². The van der Waals surface area contributed by atoms with Gasteiger partial charge in [-0.2, -0.15) is 0 Å². The first-order chi connectivity index (χ1) is 9.61. The van der Waals surface area contributed by atoms with Gasteiger partial charge >= 0.3 is 0 Å². The third-order valence-corrected chi connectivity index (χ3v) is 3.79. The van der Waals surface area contributed by atoms with E-state index in [4.69, 9.17) is 0 Å². The molecular formula is C18H27NO. The van der Waals surface area contributed by atoms with Gasteiger partial charge in [-0.05, 0) is 37.7 Å². The van der Waals surface area contributed by atoms with Crippen LogP contribution >= 0.6 is 0 Å². The Bertz CT molecular complexity index is 384. The quantitative estimate of drug-likeness (QED) is 0.628. The summed E-state index contributed by atoms with van der Waals surface area (Å²) in [6, 6.07) is 0.508. The Morgan fingerprint density at radius 2 is 1.70 bits per heavy atom. The predicted molar refractivity (Wildman–Crippen MR) is 87.6 cm³/mol. The van der Waals surface area contributed by atoms with Gasteiger partial charge in [-0.1, -0.05) is 30.4 Å². The highest BCUT2D eigenvalue weighted by Crippen LogP contribution is 2.33. The summed E-state index contributed by atoms with van der Waals surface area (Å²) in [4.78, 5) is 0. The first-order valence-electron chi connectivity index (χ1n) is 7.23. The highest BCUT2D eigenvalue weighted by atomic mass is 16.3. The summed E-state index contributed by atoms with van der Waals surface area (Å²) < 4.78 is 0. The summed E-state index contributed by atoms with van der Waals surface area (Å²) in [5.41, 5.74) is 0.154. The van der Waals surface area contributed by atoms with Gasteiger partial charge in [-0.15, -0.1) is 26.3 Å². The summed E-state index contributed by atoms with van der Waals surface area (Å²) in [6.45, 7) is 15.1. The predicted octanol–water partition coefficient (Wildman–Crippen LogP) is 3.68. The molecule has 0 spiro atoms. The Hall–Kier alpha value is -1.38. The molecule has 0 fully saturated rings. The van der Waals surface area contributed by atoms with Crippen molar-refractivity contribution in [3.8, 4) is 0 Å². The van der Waals surface area contributed by atoms with Crippen LogP contribution in [0.4, 0.5) is 0 Å². The SMILES string of the molecule is C=CC[C@H]1CC=C(C(O)(CC=C)CC=C)[C@@H](CC=C)N1. The van der Waals surface area contributed by atoms with E-state index in [9.17, 15) is 5.11 Å². The molecule has 20 heavy (non-hydrogen) atoms. The van der Waals surface area contributed by atoms with Gasteiger partial charge in [0.05, 0.1) is 5.60 Å². The molecule has 1 aliphatic heterocycles. The van der Waals surface area contributed by atoms with Crippen LogP contribution in [0.2, 0.25) is 0 Å². The van der Waals surface area contributed by atoms with Gasteiger partial charge in [0.1, 0.15) is 0 Å². The molecule has 2 N–H and O–H groups in total. The molecule has 0 bridgehead atoms. The van der Waals surface area contributed by atoms with E-state index >= 15 is 0 Å². The Morgan fingerprint density at radius 3 is 2.20 bits per heavy atom. The maximum Gasteiger partial charge on any atom is 0.0940 e. The average molecular weight is 273 g/mol. The maximum absolute atomic E-state index is 10.9. The molecule has 1 heterocycles. The molecule has 2 heteroatoms. The van der Waals surface area contributed by atoms with Crippen molar-refractivity contribution in [2.24, 2.45) is 0 Å². The number of aliphatic hydroxyl groups is 1. The Kier molecular flexibility index (Phi) is 6.69. The van der Waals surface area contributed by atoms with Crippen LogP contribution in [0.25, 0.3) is 0 Å². The minimum Gasteiger partial charge on any atom is -0.385 e. The molecule has 110 valence electrons. The van der Waals surface area contributed by atoms with Crippen molar-refractivity contribution in [2.45, 2.75) is 49.8 Å². The topological polar surface area (TPSA) is 32.3 Å². The lowest BCUT2D eigenvalue weighted by Crippen LogP contribution is -2.48. The van der Waals surface area contributed by atoms with Gasteiger partial charge in [0, 0.05) is 12.1 Å². The molecule has 2 atom stereocenters. The molecule has 1 aliphatic rings. The highest BCUT2D eigenvalue weighted by molar-refractivity contribution is 5.29. The molecule has 1 rings (SSSR count). The van der Waals surface area contributed by atoms with Crippen molar-refractivity contribution < 1.29 is 5.11 Å². The lowest BCUT2D eigenvalue weighted by atomic mass is 9.78. The van der Waals surface area contributed by atoms with Crippen molar-refractivity contribution in [3.63, 3.8) is 0 Å². The van der Waals surface area contributed by atoms with Crippen LogP contribution < -0.4 is 5.32 Å². The van der Waals surface area contributed by atoms with Crippen LogP contribution in [0.3, 0.4) is 0 Å². The largest absolute Gasteiger partial charge is 0.385 e. The van der Waals surface area contributed by atoms with E-state index in [-0.39, 0.29) is 6.04 Å². The number of rotatable bonds is 9. The minimum absolute atomic E-state index is 0.121. The van der Waals surface area contributed by atoms with Gasteiger partial charge in [-0.25, -0.2) is 0 Å². The van der Waals surface area contributed by atoms with Crippen molar-refractivity contribution >= 4 is 0 Å². The minimum atomic E-state index is -0.886. The smallest absolute Gasteiger partial charge is 0.0940 e. The summed E-state index contributed by atoms with van der Waals surface area (Å²) in [7, 11) is 0. The van der Waals surface area contributed by atoms with E-state index in [1.165, 1.54) is 0 Å². The fourth-order valence-electron chi connectivity index (χ4n) is 2.89. The monoisotopic (exact) mass is 273 g/mol. The molecule has 0 saturated heterocycles. The van der Waals surface area contributed by atoms with Crippen molar-refractivity contribution in [1.29, 1.82) is 0 Å². The van der Waals surface area contributed by atoms with Gasteiger partial charge in [-0.3, -0.25) is 0 Å². The van der Waals surface area contributed by atoms with Gasteiger partial charge < -0.3 is 10.4 Å². The first-order valence-corrected chi connectivity index (χ1v) is 7.23. The molecule has 0 unspecified atom stereocenters. The second-order valence-electron chi connectivity index (χ2n) is 5.38. The molecule has 0 radical (unpaired) electrons. The van der Waals surface area contributed by atoms with Crippen LogP contribution in [-0.2, 0) is 0 Å². The fraction of sp³-hybridized carbons (Fsp3) is 0.444. The van der Waals surface area contributed by atoms with E-state index in [0.29, 0.717) is 18.9 Å². The normalized spacial score (nSPS) is 22.8. The Morgan fingerprint density at radius 1 is 1.10 bits per heavy atom. The molecule has 2 nitrogen and oxygen atoms in total. The zero-order chi connectivity index (χ0) is 15.0. The Balaban J connectivity index is 3.02. The van der Waals surface area contributed by atoms with Crippen LogP contribution in [0.1, 0.15) is 32.1 Å².